The van der Waals surface area contributed by atoms with E-state index in [0.29, 0.717) is 55.5 Å². The predicted octanol–water partition coefficient (Wildman–Crippen LogP) is 2.95. The van der Waals surface area contributed by atoms with Gasteiger partial charge in [0.25, 0.3) is 5.91 Å². The van der Waals surface area contributed by atoms with Gasteiger partial charge in [-0.2, -0.15) is 0 Å². The van der Waals surface area contributed by atoms with Gasteiger partial charge >= 0.3 is 0 Å². The van der Waals surface area contributed by atoms with Gasteiger partial charge in [0.15, 0.2) is 17.1 Å². The number of fused-ring (bicyclic) bond motifs is 2. The molecular weight excluding hydrogens is 472 g/mol. The molecule has 0 fully saturated rings. The average Bonchev–Trinajstić information content (AvgIpc) is 3.37. The van der Waals surface area contributed by atoms with Crippen molar-refractivity contribution in [2.24, 2.45) is 0 Å². The lowest BCUT2D eigenvalue weighted by Crippen LogP contribution is -2.30. The lowest BCUT2D eigenvalue weighted by molar-refractivity contribution is -0.118. The standard InChI is InChI=1S/C27H28N6O4/c1-17-21(20-6-7-24-25(13-20)37-11-10-36-24)4-3-5-23(17)31-27(35)22-12-19(14-28-8-9-29-18(2)34)15-33-16-30-32-26(22)33/h3-7,12-13,15-16,28H,8-11,14H2,1-2H3,(H,29,34)(H,31,35). The fourth-order valence-corrected chi connectivity index (χ4v) is 4.30. The Bertz CT molecular complexity index is 1460. The third-order valence-electron chi connectivity index (χ3n) is 6.13. The van der Waals surface area contributed by atoms with Crippen LogP contribution in [0.3, 0.4) is 0 Å². The number of ether oxygens (including phenoxy) is 2. The summed E-state index contributed by atoms with van der Waals surface area (Å²) in [5.74, 6) is 1.11. The first-order valence-corrected chi connectivity index (χ1v) is 12.1. The van der Waals surface area contributed by atoms with E-state index in [9.17, 15) is 9.59 Å². The van der Waals surface area contributed by atoms with E-state index in [1.54, 1.807) is 10.7 Å². The van der Waals surface area contributed by atoms with Gasteiger partial charge in [-0.05, 0) is 53.4 Å². The molecule has 2 aromatic carbocycles. The third-order valence-corrected chi connectivity index (χ3v) is 6.13. The number of benzene rings is 2. The molecule has 0 radical (unpaired) electrons. The summed E-state index contributed by atoms with van der Waals surface area (Å²) in [7, 11) is 0. The second-order valence-corrected chi connectivity index (χ2v) is 8.77. The van der Waals surface area contributed by atoms with Gasteiger partial charge in [-0.3, -0.25) is 14.0 Å². The number of carbonyl (C=O) groups is 2. The summed E-state index contributed by atoms with van der Waals surface area (Å²) in [6.07, 6.45) is 3.45. The molecule has 0 aliphatic carbocycles. The van der Waals surface area contributed by atoms with E-state index in [2.05, 4.69) is 26.1 Å². The van der Waals surface area contributed by atoms with Gasteiger partial charge in [0.2, 0.25) is 5.91 Å². The number of pyridine rings is 1. The Morgan fingerprint density at radius 2 is 1.89 bits per heavy atom. The molecule has 190 valence electrons. The molecule has 10 heteroatoms. The summed E-state index contributed by atoms with van der Waals surface area (Å²) in [4.78, 5) is 24.5. The number of nitrogens with zero attached hydrogens (tertiary/aromatic N) is 3. The van der Waals surface area contributed by atoms with E-state index in [4.69, 9.17) is 9.47 Å². The maximum atomic E-state index is 13.4. The van der Waals surface area contributed by atoms with E-state index < -0.39 is 0 Å². The molecule has 1 aliphatic heterocycles. The Morgan fingerprint density at radius 3 is 2.73 bits per heavy atom. The molecule has 4 aromatic rings. The highest BCUT2D eigenvalue weighted by atomic mass is 16.6. The summed E-state index contributed by atoms with van der Waals surface area (Å²) < 4.78 is 13.1. The number of aromatic nitrogens is 3. The molecule has 2 aromatic heterocycles. The van der Waals surface area contributed by atoms with Crippen molar-refractivity contribution in [3.05, 3.63) is 71.7 Å². The van der Waals surface area contributed by atoms with E-state index >= 15 is 0 Å². The van der Waals surface area contributed by atoms with Gasteiger partial charge in [0.05, 0.1) is 5.56 Å². The largest absolute Gasteiger partial charge is 0.486 e. The highest BCUT2D eigenvalue weighted by Crippen LogP contribution is 2.37. The van der Waals surface area contributed by atoms with Gasteiger partial charge in [0.1, 0.15) is 19.5 Å². The van der Waals surface area contributed by atoms with E-state index in [0.717, 1.165) is 28.0 Å². The van der Waals surface area contributed by atoms with E-state index in [-0.39, 0.29) is 11.8 Å². The van der Waals surface area contributed by atoms with Crippen molar-refractivity contribution in [2.45, 2.75) is 20.4 Å². The van der Waals surface area contributed by atoms with Crippen LogP contribution in [0.4, 0.5) is 5.69 Å². The van der Waals surface area contributed by atoms with Crippen molar-refractivity contribution in [3.8, 4) is 22.6 Å². The molecule has 0 bridgehead atoms. The fraction of sp³-hybridized carbons (Fsp3) is 0.259. The topological polar surface area (TPSA) is 119 Å². The Kier molecular flexibility index (Phi) is 7.00. The molecule has 10 nitrogen and oxygen atoms in total. The highest BCUT2D eigenvalue weighted by molar-refractivity contribution is 6.09. The zero-order valence-corrected chi connectivity index (χ0v) is 20.7. The molecule has 1 aliphatic rings. The van der Waals surface area contributed by atoms with Gasteiger partial charge in [-0.25, -0.2) is 0 Å². The monoisotopic (exact) mass is 500 g/mol. The summed E-state index contributed by atoms with van der Waals surface area (Å²) in [6.45, 7) is 6.17. The zero-order chi connectivity index (χ0) is 25.8. The summed E-state index contributed by atoms with van der Waals surface area (Å²) in [5.41, 5.74) is 5.38. The first-order valence-electron chi connectivity index (χ1n) is 12.1. The number of nitrogens with one attached hydrogen (secondary N) is 3. The maximum absolute atomic E-state index is 13.4. The normalized spacial score (nSPS) is 12.4. The number of hydrogen-bond donors (Lipinski definition) is 3. The number of anilines is 1. The quantitative estimate of drug-likeness (QED) is 0.318. The summed E-state index contributed by atoms with van der Waals surface area (Å²) >= 11 is 0. The molecular formula is C27H28N6O4. The van der Waals surface area contributed by atoms with Crippen LogP contribution >= 0.6 is 0 Å². The molecule has 5 rings (SSSR count). The fourth-order valence-electron chi connectivity index (χ4n) is 4.30. The van der Waals surface area contributed by atoms with Crippen molar-refractivity contribution < 1.29 is 19.1 Å². The first-order chi connectivity index (χ1) is 18.0. The lowest BCUT2D eigenvalue weighted by Gasteiger charge is -2.20. The predicted molar refractivity (Wildman–Crippen MR) is 139 cm³/mol. The molecule has 3 heterocycles. The van der Waals surface area contributed by atoms with Gasteiger partial charge in [-0.15, -0.1) is 10.2 Å². The Labute approximate surface area is 214 Å². The van der Waals surface area contributed by atoms with Crippen molar-refractivity contribution in [3.63, 3.8) is 0 Å². The van der Waals surface area contributed by atoms with Crippen LogP contribution in [0.5, 0.6) is 11.5 Å². The second-order valence-electron chi connectivity index (χ2n) is 8.77. The first kappa shape index (κ1) is 24.3. The van der Waals surface area contributed by atoms with E-state index in [1.807, 2.05) is 55.6 Å². The van der Waals surface area contributed by atoms with Crippen LogP contribution in [0.1, 0.15) is 28.4 Å². The summed E-state index contributed by atoms with van der Waals surface area (Å²) in [5, 5.41) is 17.2. The van der Waals surface area contributed by atoms with Crippen molar-refractivity contribution >= 4 is 23.1 Å². The van der Waals surface area contributed by atoms with Crippen molar-refractivity contribution in [1.82, 2.24) is 25.2 Å². The molecule has 0 unspecified atom stereocenters. The van der Waals surface area contributed by atoms with Gasteiger partial charge in [0, 0.05) is 38.4 Å². The van der Waals surface area contributed by atoms with Crippen LogP contribution in [-0.2, 0) is 11.3 Å². The second kappa shape index (κ2) is 10.7. The Morgan fingerprint density at radius 1 is 1.05 bits per heavy atom. The number of rotatable bonds is 8. The SMILES string of the molecule is CC(=O)NCCNCc1cc(C(=O)Nc2cccc(-c3ccc4c(c3)OCCO4)c2C)c2nncn2c1. The summed E-state index contributed by atoms with van der Waals surface area (Å²) in [6, 6.07) is 13.5. The van der Waals surface area contributed by atoms with Crippen molar-refractivity contribution in [2.75, 3.05) is 31.6 Å². The Balaban J connectivity index is 1.36. The smallest absolute Gasteiger partial charge is 0.259 e. The van der Waals surface area contributed by atoms with Crippen LogP contribution in [0.25, 0.3) is 16.8 Å². The average molecular weight is 501 g/mol. The molecule has 0 saturated carbocycles. The number of carbonyl (C=O) groups excluding carboxylic acids is 2. The molecule has 0 spiro atoms. The van der Waals surface area contributed by atoms with Crippen LogP contribution in [0, 0.1) is 6.92 Å². The highest BCUT2D eigenvalue weighted by Gasteiger charge is 2.18. The number of amides is 2. The Hall–Kier alpha value is -4.44. The maximum Gasteiger partial charge on any atom is 0.259 e. The minimum absolute atomic E-state index is 0.0694. The van der Waals surface area contributed by atoms with Crippen LogP contribution in [0.2, 0.25) is 0 Å². The van der Waals surface area contributed by atoms with Crippen LogP contribution in [-0.4, -0.2) is 52.7 Å². The lowest BCUT2D eigenvalue weighted by atomic mass is 9.98. The molecule has 0 saturated heterocycles. The minimum atomic E-state index is -0.277. The third kappa shape index (κ3) is 5.39. The molecule has 2 amide bonds. The minimum Gasteiger partial charge on any atom is -0.486 e. The molecule has 3 N–H and O–H groups in total. The number of hydrogen-bond acceptors (Lipinski definition) is 7. The molecule has 37 heavy (non-hydrogen) atoms. The van der Waals surface area contributed by atoms with Crippen LogP contribution < -0.4 is 25.4 Å². The van der Waals surface area contributed by atoms with E-state index in [1.165, 1.54) is 6.92 Å². The zero-order valence-electron chi connectivity index (χ0n) is 20.7. The van der Waals surface area contributed by atoms with Crippen LogP contribution in [0.15, 0.2) is 55.0 Å². The van der Waals surface area contributed by atoms with Crippen molar-refractivity contribution in [1.29, 1.82) is 0 Å². The van der Waals surface area contributed by atoms with Gasteiger partial charge < -0.3 is 25.4 Å². The van der Waals surface area contributed by atoms with Gasteiger partial charge in [-0.1, -0.05) is 18.2 Å². The molecule has 0 atom stereocenters.